The Morgan fingerprint density at radius 3 is 2.72 bits per heavy atom. The minimum atomic E-state index is 0.326. The first-order valence-electron chi connectivity index (χ1n) is 6.59. The Kier molecular flexibility index (Phi) is 6.76. The van der Waals surface area contributed by atoms with Crippen LogP contribution in [-0.2, 0) is 11.2 Å². The highest BCUT2D eigenvalue weighted by atomic mass is 16.5. The smallest absolute Gasteiger partial charge is 0.122 e. The van der Waals surface area contributed by atoms with Crippen molar-refractivity contribution in [3.8, 4) is 5.75 Å². The predicted octanol–water partition coefficient (Wildman–Crippen LogP) is 2.56. The van der Waals surface area contributed by atoms with Crippen molar-refractivity contribution in [2.45, 2.75) is 32.7 Å². The molecule has 0 saturated heterocycles. The van der Waals surface area contributed by atoms with Gasteiger partial charge in [-0.05, 0) is 38.4 Å². The van der Waals surface area contributed by atoms with Crippen molar-refractivity contribution in [2.24, 2.45) is 0 Å². The van der Waals surface area contributed by atoms with Crippen LogP contribution in [0.2, 0.25) is 0 Å². The standard InChI is InChI=1S/C15H25NO2/c1-5-8-18-11-14(16-3)10-13-9-12(2)6-7-15(13)17-4/h6-7,9,14,16H,5,8,10-11H2,1-4H3. The summed E-state index contributed by atoms with van der Waals surface area (Å²) in [6.07, 6.45) is 1.98. The molecule has 1 aromatic carbocycles. The van der Waals surface area contributed by atoms with Crippen molar-refractivity contribution < 1.29 is 9.47 Å². The third kappa shape index (κ3) is 4.67. The van der Waals surface area contributed by atoms with E-state index in [1.54, 1.807) is 7.11 Å². The molecular formula is C15H25NO2. The first-order chi connectivity index (χ1) is 8.71. The van der Waals surface area contributed by atoms with Gasteiger partial charge in [0, 0.05) is 12.6 Å². The Hall–Kier alpha value is -1.06. The van der Waals surface area contributed by atoms with E-state index in [2.05, 4.69) is 31.3 Å². The molecule has 1 aromatic rings. The summed E-state index contributed by atoms with van der Waals surface area (Å²) in [5.41, 5.74) is 2.49. The average Bonchev–Trinajstić information content (AvgIpc) is 2.38. The molecule has 1 atom stereocenters. The van der Waals surface area contributed by atoms with Gasteiger partial charge >= 0.3 is 0 Å². The maximum atomic E-state index is 5.61. The van der Waals surface area contributed by atoms with Crippen LogP contribution in [0.15, 0.2) is 18.2 Å². The van der Waals surface area contributed by atoms with E-state index in [-0.39, 0.29) is 0 Å². The molecule has 18 heavy (non-hydrogen) atoms. The molecule has 0 aromatic heterocycles. The van der Waals surface area contributed by atoms with Crippen LogP contribution < -0.4 is 10.1 Å². The molecule has 102 valence electrons. The molecule has 0 amide bonds. The predicted molar refractivity (Wildman–Crippen MR) is 75.4 cm³/mol. The van der Waals surface area contributed by atoms with E-state index in [9.17, 15) is 0 Å². The maximum absolute atomic E-state index is 5.61. The zero-order chi connectivity index (χ0) is 13.4. The fraction of sp³-hybridized carbons (Fsp3) is 0.600. The summed E-state index contributed by atoms with van der Waals surface area (Å²) < 4.78 is 11.0. The Morgan fingerprint density at radius 1 is 1.33 bits per heavy atom. The molecule has 0 saturated carbocycles. The fourth-order valence-electron chi connectivity index (χ4n) is 1.95. The molecule has 0 bridgehead atoms. The van der Waals surface area contributed by atoms with E-state index >= 15 is 0 Å². The lowest BCUT2D eigenvalue weighted by atomic mass is 10.0. The fourth-order valence-corrected chi connectivity index (χ4v) is 1.95. The summed E-state index contributed by atoms with van der Waals surface area (Å²) in [5, 5.41) is 3.30. The van der Waals surface area contributed by atoms with Gasteiger partial charge in [-0.1, -0.05) is 24.6 Å². The van der Waals surface area contributed by atoms with E-state index in [0.717, 1.165) is 31.8 Å². The average molecular weight is 251 g/mol. The van der Waals surface area contributed by atoms with E-state index in [4.69, 9.17) is 9.47 Å². The zero-order valence-electron chi connectivity index (χ0n) is 12.0. The van der Waals surface area contributed by atoms with Gasteiger partial charge in [0.2, 0.25) is 0 Å². The van der Waals surface area contributed by atoms with Gasteiger partial charge in [0.25, 0.3) is 0 Å². The zero-order valence-corrected chi connectivity index (χ0v) is 12.0. The Morgan fingerprint density at radius 2 is 2.11 bits per heavy atom. The van der Waals surface area contributed by atoms with E-state index in [1.807, 2.05) is 13.1 Å². The van der Waals surface area contributed by atoms with Crippen molar-refractivity contribution in [1.82, 2.24) is 5.32 Å². The monoisotopic (exact) mass is 251 g/mol. The van der Waals surface area contributed by atoms with Crippen LogP contribution in [-0.4, -0.2) is 33.4 Å². The lowest BCUT2D eigenvalue weighted by Crippen LogP contribution is -2.32. The molecule has 1 N–H and O–H groups in total. The largest absolute Gasteiger partial charge is 0.496 e. The SMILES string of the molecule is CCCOCC(Cc1cc(C)ccc1OC)NC. The third-order valence-corrected chi connectivity index (χ3v) is 2.98. The van der Waals surface area contributed by atoms with Crippen LogP contribution >= 0.6 is 0 Å². The van der Waals surface area contributed by atoms with Crippen LogP contribution in [0.3, 0.4) is 0 Å². The summed E-state index contributed by atoms with van der Waals surface area (Å²) in [6, 6.07) is 6.62. The van der Waals surface area contributed by atoms with Crippen LogP contribution in [0.5, 0.6) is 5.75 Å². The third-order valence-electron chi connectivity index (χ3n) is 2.98. The van der Waals surface area contributed by atoms with Gasteiger partial charge < -0.3 is 14.8 Å². The van der Waals surface area contributed by atoms with Crippen LogP contribution in [0.1, 0.15) is 24.5 Å². The molecule has 0 aliphatic carbocycles. The van der Waals surface area contributed by atoms with E-state index in [0.29, 0.717) is 6.04 Å². The molecule has 1 unspecified atom stereocenters. The normalized spacial score (nSPS) is 12.4. The van der Waals surface area contributed by atoms with Gasteiger partial charge in [0.1, 0.15) is 5.75 Å². The number of rotatable bonds is 8. The number of likely N-dealkylation sites (N-methyl/N-ethyl adjacent to an activating group) is 1. The second-order valence-electron chi connectivity index (χ2n) is 4.58. The lowest BCUT2D eigenvalue weighted by Gasteiger charge is -2.18. The van der Waals surface area contributed by atoms with Crippen molar-refractivity contribution >= 4 is 0 Å². The molecule has 0 aliphatic rings. The Bertz CT molecular complexity index is 352. The highest BCUT2D eigenvalue weighted by Gasteiger charge is 2.11. The summed E-state index contributed by atoms with van der Waals surface area (Å²) in [5.74, 6) is 0.955. The number of hydrogen-bond acceptors (Lipinski definition) is 3. The molecule has 0 fully saturated rings. The summed E-state index contributed by atoms with van der Waals surface area (Å²) in [6.45, 7) is 5.79. The van der Waals surface area contributed by atoms with Gasteiger partial charge in [0.05, 0.1) is 13.7 Å². The first-order valence-corrected chi connectivity index (χ1v) is 6.59. The van der Waals surface area contributed by atoms with E-state index < -0.39 is 0 Å². The minimum Gasteiger partial charge on any atom is -0.496 e. The van der Waals surface area contributed by atoms with Crippen LogP contribution in [0.4, 0.5) is 0 Å². The van der Waals surface area contributed by atoms with Gasteiger partial charge in [-0.25, -0.2) is 0 Å². The molecule has 1 rings (SSSR count). The van der Waals surface area contributed by atoms with Crippen molar-refractivity contribution in [3.63, 3.8) is 0 Å². The summed E-state index contributed by atoms with van der Waals surface area (Å²) >= 11 is 0. The number of nitrogens with one attached hydrogen (secondary N) is 1. The molecule has 0 heterocycles. The Labute approximate surface area is 110 Å². The molecule has 3 nitrogen and oxygen atoms in total. The number of aryl methyl sites for hydroxylation is 1. The Balaban J connectivity index is 2.65. The molecule has 0 spiro atoms. The lowest BCUT2D eigenvalue weighted by molar-refractivity contribution is 0.113. The molecule has 3 heteroatoms. The number of ether oxygens (including phenoxy) is 2. The second kappa shape index (κ2) is 8.11. The quantitative estimate of drug-likeness (QED) is 0.720. The van der Waals surface area contributed by atoms with Crippen LogP contribution in [0.25, 0.3) is 0 Å². The summed E-state index contributed by atoms with van der Waals surface area (Å²) in [4.78, 5) is 0. The summed E-state index contributed by atoms with van der Waals surface area (Å²) in [7, 11) is 3.69. The maximum Gasteiger partial charge on any atom is 0.122 e. The van der Waals surface area contributed by atoms with Crippen molar-refractivity contribution in [1.29, 1.82) is 0 Å². The molecule has 0 radical (unpaired) electrons. The first kappa shape index (κ1) is 15.0. The topological polar surface area (TPSA) is 30.5 Å². The second-order valence-corrected chi connectivity index (χ2v) is 4.58. The van der Waals surface area contributed by atoms with Gasteiger partial charge in [-0.3, -0.25) is 0 Å². The van der Waals surface area contributed by atoms with E-state index in [1.165, 1.54) is 11.1 Å². The van der Waals surface area contributed by atoms with Gasteiger partial charge in [0.15, 0.2) is 0 Å². The number of hydrogen-bond donors (Lipinski definition) is 1. The van der Waals surface area contributed by atoms with Gasteiger partial charge in [-0.15, -0.1) is 0 Å². The highest BCUT2D eigenvalue weighted by Crippen LogP contribution is 2.21. The van der Waals surface area contributed by atoms with Crippen LogP contribution in [0, 0.1) is 6.92 Å². The number of benzene rings is 1. The molecular weight excluding hydrogens is 226 g/mol. The van der Waals surface area contributed by atoms with Gasteiger partial charge in [-0.2, -0.15) is 0 Å². The van der Waals surface area contributed by atoms with Crippen molar-refractivity contribution in [2.75, 3.05) is 27.4 Å². The molecule has 0 aliphatic heterocycles. The highest BCUT2D eigenvalue weighted by molar-refractivity contribution is 5.37. The number of methoxy groups -OCH3 is 1. The minimum absolute atomic E-state index is 0.326. The van der Waals surface area contributed by atoms with Crippen molar-refractivity contribution in [3.05, 3.63) is 29.3 Å².